The highest BCUT2D eigenvalue weighted by Crippen LogP contribution is 2.51. The number of ether oxygens (including phenoxy) is 1. The Labute approximate surface area is 122 Å². The fourth-order valence-electron chi connectivity index (χ4n) is 3.01. The predicted molar refractivity (Wildman–Crippen MR) is 75.9 cm³/mol. The first kappa shape index (κ1) is 13.9. The van der Waals surface area contributed by atoms with Crippen molar-refractivity contribution in [3.63, 3.8) is 0 Å². The summed E-state index contributed by atoms with van der Waals surface area (Å²) in [5.41, 5.74) is 6.54. The van der Waals surface area contributed by atoms with E-state index in [0.717, 1.165) is 6.42 Å². The summed E-state index contributed by atoms with van der Waals surface area (Å²) in [6.45, 7) is 4.22. The average Bonchev–Trinajstić information content (AvgIpc) is 2.85. The lowest BCUT2D eigenvalue weighted by molar-refractivity contribution is -0.116. The maximum absolute atomic E-state index is 13.5. The number of aromatic nitrogens is 4. The van der Waals surface area contributed by atoms with Gasteiger partial charge in [-0.1, -0.05) is 13.8 Å². The quantitative estimate of drug-likeness (QED) is 0.876. The van der Waals surface area contributed by atoms with Crippen LogP contribution in [0.1, 0.15) is 26.3 Å². The standard InChI is InChI=1S/C14H18FN5O/c1-14(2)11(7-12(14)21-3)20-13(17-18-19-20)8-4-9(15)6-10(16)5-8/h4-6,11-12H,7,16H2,1-3H3. The minimum Gasteiger partial charge on any atom is -0.399 e. The smallest absolute Gasteiger partial charge is 0.182 e. The van der Waals surface area contributed by atoms with Crippen LogP contribution in [0.5, 0.6) is 0 Å². The van der Waals surface area contributed by atoms with E-state index in [1.54, 1.807) is 17.9 Å². The van der Waals surface area contributed by atoms with E-state index in [-0.39, 0.29) is 17.6 Å². The fourth-order valence-corrected chi connectivity index (χ4v) is 3.01. The van der Waals surface area contributed by atoms with Crippen molar-refractivity contribution < 1.29 is 9.13 Å². The summed E-state index contributed by atoms with van der Waals surface area (Å²) >= 11 is 0. The van der Waals surface area contributed by atoms with Gasteiger partial charge in [-0.15, -0.1) is 5.10 Å². The average molecular weight is 291 g/mol. The summed E-state index contributed by atoms with van der Waals surface area (Å²) in [6.07, 6.45) is 0.990. The normalized spacial score (nSPS) is 23.8. The molecule has 0 spiro atoms. The minimum absolute atomic E-state index is 0.0856. The first-order valence-corrected chi connectivity index (χ1v) is 6.80. The maximum Gasteiger partial charge on any atom is 0.182 e. The number of nitrogens with two attached hydrogens (primary N) is 1. The molecule has 1 aliphatic carbocycles. The molecule has 2 unspecified atom stereocenters. The fraction of sp³-hybridized carbons (Fsp3) is 0.500. The van der Waals surface area contributed by atoms with Crippen molar-refractivity contribution in [3.8, 4) is 11.4 Å². The van der Waals surface area contributed by atoms with Gasteiger partial charge in [-0.3, -0.25) is 0 Å². The first-order valence-electron chi connectivity index (χ1n) is 6.80. The van der Waals surface area contributed by atoms with Crippen molar-refractivity contribution in [2.45, 2.75) is 32.4 Å². The van der Waals surface area contributed by atoms with Gasteiger partial charge in [0.2, 0.25) is 0 Å². The lowest BCUT2D eigenvalue weighted by atomic mass is 9.64. The molecule has 0 radical (unpaired) electrons. The van der Waals surface area contributed by atoms with Gasteiger partial charge >= 0.3 is 0 Å². The van der Waals surface area contributed by atoms with Gasteiger partial charge in [0.05, 0.1) is 12.1 Å². The van der Waals surface area contributed by atoms with Crippen molar-refractivity contribution in [1.82, 2.24) is 20.2 Å². The summed E-state index contributed by atoms with van der Waals surface area (Å²) in [6, 6.07) is 4.44. The SMILES string of the molecule is COC1CC(n2nnnc2-c2cc(N)cc(F)c2)C1(C)C. The molecule has 112 valence electrons. The summed E-state index contributed by atoms with van der Waals surface area (Å²) in [7, 11) is 1.70. The van der Waals surface area contributed by atoms with Crippen LogP contribution in [-0.2, 0) is 4.74 Å². The Morgan fingerprint density at radius 2 is 2.14 bits per heavy atom. The molecule has 0 aliphatic heterocycles. The largest absolute Gasteiger partial charge is 0.399 e. The second-order valence-corrected chi connectivity index (χ2v) is 6.02. The van der Waals surface area contributed by atoms with E-state index in [1.807, 2.05) is 0 Å². The van der Waals surface area contributed by atoms with Crippen molar-refractivity contribution in [1.29, 1.82) is 0 Å². The number of hydrogen-bond donors (Lipinski definition) is 1. The second kappa shape index (κ2) is 4.77. The molecule has 7 heteroatoms. The van der Waals surface area contributed by atoms with Crippen LogP contribution in [0.2, 0.25) is 0 Å². The number of nitrogens with zero attached hydrogens (tertiary/aromatic N) is 4. The van der Waals surface area contributed by atoms with Gasteiger partial charge in [0.25, 0.3) is 0 Å². The van der Waals surface area contributed by atoms with Crippen molar-refractivity contribution >= 4 is 5.69 Å². The molecule has 6 nitrogen and oxygen atoms in total. The summed E-state index contributed by atoms with van der Waals surface area (Å²) in [4.78, 5) is 0. The van der Waals surface area contributed by atoms with Crippen LogP contribution in [0.15, 0.2) is 18.2 Å². The monoisotopic (exact) mass is 291 g/mol. The number of hydrogen-bond acceptors (Lipinski definition) is 5. The number of tetrazole rings is 1. The number of anilines is 1. The zero-order chi connectivity index (χ0) is 15.2. The Balaban J connectivity index is 1.99. The summed E-state index contributed by atoms with van der Waals surface area (Å²) in [5.74, 6) is 0.121. The van der Waals surface area contributed by atoms with E-state index >= 15 is 0 Å². The van der Waals surface area contributed by atoms with Crippen LogP contribution >= 0.6 is 0 Å². The zero-order valence-electron chi connectivity index (χ0n) is 12.2. The molecule has 1 heterocycles. The third kappa shape index (κ3) is 2.17. The highest BCUT2D eigenvalue weighted by Gasteiger charge is 2.51. The van der Waals surface area contributed by atoms with Crippen LogP contribution in [0.4, 0.5) is 10.1 Å². The van der Waals surface area contributed by atoms with Crippen LogP contribution in [0, 0.1) is 11.2 Å². The van der Waals surface area contributed by atoms with Crippen LogP contribution in [0.25, 0.3) is 11.4 Å². The van der Waals surface area contributed by atoms with Gasteiger partial charge in [0.15, 0.2) is 5.82 Å². The lowest BCUT2D eigenvalue weighted by Gasteiger charge is -2.50. The van der Waals surface area contributed by atoms with Gasteiger partial charge in [0.1, 0.15) is 5.82 Å². The molecule has 0 saturated heterocycles. The molecule has 3 rings (SSSR count). The molecule has 1 aromatic carbocycles. The van der Waals surface area contributed by atoms with E-state index in [0.29, 0.717) is 17.1 Å². The van der Waals surface area contributed by atoms with E-state index in [1.165, 1.54) is 12.1 Å². The highest BCUT2D eigenvalue weighted by molar-refractivity contribution is 5.61. The topological polar surface area (TPSA) is 78.8 Å². The second-order valence-electron chi connectivity index (χ2n) is 6.02. The van der Waals surface area contributed by atoms with E-state index < -0.39 is 5.82 Å². The molecule has 1 saturated carbocycles. The Morgan fingerprint density at radius 3 is 2.76 bits per heavy atom. The maximum atomic E-state index is 13.5. The highest BCUT2D eigenvalue weighted by atomic mass is 19.1. The van der Waals surface area contributed by atoms with E-state index in [9.17, 15) is 4.39 Å². The molecule has 21 heavy (non-hydrogen) atoms. The third-order valence-electron chi connectivity index (χ3n) is 4.38. The Kier molecular flexibility index (Phi) is 3.16. The predicted octanol–water partition coefficient (Wildman–Crippen LogP) is 2.05. The van der Waals surface area contributed by atoms with Crippen LogP contribution in [-0.4, -0.2) is 33.4 Å². The molecule has 0 amide bonds. The molecular weight excluding hydrogens is 273 g/mol. The zero-order valence-corrected chi connectivity index (χ0v) is 12.2. The van der Waals surface area contributed by atoms with Crippen molar-refractivity contribution in [2.75, 3.05) is 12.8 Å². The van der Waals surface area contributed by atoms with Gasteiger partial charge in [-0.25, -0.2) is 9.07 Å². The molecule has 2 atom stereocenters. The van der Waals surface area contributed by atoms with Crippen LogP contribution in [0.3, 0.4) is 0 Å². The number of halogens is 1. The van der Waals surface area contributed by atoms with Gasteiger partial charge in [0, 0.05) is 23.8 Å². The number of benzene rings is 1. The third-order valence-corrected chi connectivity index (χ3v) is 4.38. The Morgan fingerprint density at radius 1 is 1.38 bits per heavy atom. The van der Waals surface area contributed by atoms with Gasteiger partial charge < -0.3 is 10.5 Å². The van der Waals surface area contributed by atoms with E-state index in [4.69, 9.17) is 10.5 Å². The number of rotatable bonds is 3. The minimum atomic E-state index is -0.401. The van der Waals surface area contributed by atoms with Gasteiger partial charge in [-0.05, 0) is 35.0 Å². The number of nitrogen functional groups attached to an aromatic ring is 1. The molecule has 1 aliphatic rings. The molecule has 0 bridgehead atoms. The number of methoxy groups -OCH3 is 1. The lowest BCUT2D eigenvalue weighted by Crippen LogP contribution is -2.51. The Hall–Kier alpha value is -2.02. The molecule has 2 aromatic rings. The Bertz CT molecular complexity index is 649. The molecule has 1 aromatic heterocycles. The molecule has 2 N–H and O–H groups in total. The van der Waals surface area contributed by atoms with Crippen molar-refractivity contribution in [3.05, 3.63) is 24.0 Å². The van der Waals surface area contributed by atoms with Crippen molar-refractivity contribution in [2.24, 2.45) is 5.41 Å². The summed E-state index contributed by atoms with van der Waals surface area (Å²) in [5, 5.41) is 11.8. The summed E-state index contributed by atoms with van der Waals surface area (Å²) < 4.78 is 20.7. The van der Waals surface area contributed by atoms with Gasteiger partial charge in [-0.2, -0.15) is 0 Å². The van der Waals surface area contributed by atoms with E-state index in [2.05, 4.69) is 29.4 Å². The molecular formula is C14H18FN5O. The first-order chi connectivity index (χ1) is 9.93. The molecule has 1 fully saturated rings. The van der Waals surface area contributed by atoms with Crippen LogP contribution < -0.4 is 5.73 Å².